The molecule has 0 unspecified atom stereocenters. The molecule has 5 heteroatoms. The van der Waals surface area contributed by atoms with Gasteiger partial charge in [-0.3, -0.25) is 4.90 Å². The van der Waals surface area contributed by atoms with Crippen molar-refractivity contribution >= 4 is 23.9 Å². The minimum Gasteiger partial charge on any atom is -0.367 e. The summed E-state index contributed by atoms with van der Waals surface area (Å²) >= 11 is 0. The highest BCUT2D eigenvalue weighted by atomic mass is 35.5. The summed E-state index contributed by atoms with van der Waals surface area (Å²) in [7, 11) is 0. The number of hydrogen-bond donors (Lipinski definition) is 0. The predicted molar refractivity (Wildman–Crippen MR) is 108 cm³/mol. The lowest BCUT2D eigenvalue weighted by Gasteiger charge is -2.37. The number of rotatable bonds is 6. The SMILES string of the molecule is CC(=O)CC1CCC(CCN2CCN(c3ccccc3F)CC2)CC1.Cl. The van der Waals surface area contributed by atoms with Crippen LogP contribution in [-0.2, 0) is 4.79 Å². The summed E-state index contributed by atoms with van der Waals surface area (Å²) in [4.78, 5) is 15.9. The molecule has 1 aromatic carbocycles. The van der Waals surface area contributed by atoms with Gasteiger partial charge in [-0.1, -0.05) is 25.0 Å². The molecule has 26 heavy (non-hydrogen) atoms. The van der Waals surface area contributed by atoms with E-state index in [4.69, 9.17) is 0 Å². The highest BCUT2D eigenvalue weighted by Crippen LogP contribution is 2.33. The minimum absolute atomic E-state index is 0. The van der Waals surface area contributed by atoms with Crippen molar-refractivity contribution in [2.75, 3.05) is 37.6 Å². The monoisotopic (exact) mass is 382 g/mol. The summed E-state index contributed by atoms with van der Waals surface area (Å²) in [6.45, 7) is 6.74. The van der Waals surface area contributed by atoms with Crippen molar-refractivity contribution in [2.24, 2.45) is 11.8 Å². The van der Waals surface area contributed by atoms with Crippen molar-refractivity contribution in [2.45, 2.75) is 45.4 Å². The fourth-order valence-corrected chi connectivity index (χ4v) is 4.42. The van der Waals surface area contributed by atoms with E-state index in [1.165, 1.54) is 32.1 Å². The van der Waals surface area contributed by atoms with E-state index in [0.29, 0.717) is 11.7 Å². The molecule has 0 atom stereocenters. The number of hydrogen-bond acceptors (Lipinski definition) is 3. The lowest BCUT2D eigenvalue weighted by molar-refractivity contribution is -0.118. The second-order valence-corrected chi connectivity index (χ2v) is 7.86. The maximum absolute atomic E-state index is 13.9. The van der Waals surface area contributed by atoms with Crippen molar-refractivity contribution in [3.8, 4) is 0 Å². The Labute approximate surface area is 163 Å². The van der Waals surface area contributed by atoms with Crippen LogP contribution >= 0.6 is 12.4 Å². The van der Waals surface area contributed by atoms with Crippen LogP contribution in [0, 0.1) is 17.7 Å². The first kappa shape index (κ1) is 21.2. The standard InChI is InChI=1S/C21H31FN2O.ClH/c1-17(25)16-19-8-6-18(7-9-19)10-11-23-12-14-24(15-13-23)21-5-3-2-4-20(21)22;/h2-5,18-19H,6-16H2,1H3;1H. The van der Waals surface area contributed by atoms with E-state index >= 15 is 0 Å². The molecule has 3 nitrogen and oxygen atoms in total. The molecule has 0 aromatic heterocycles. The molecule has 1 saturated heterocycles. The second-order valence-electron chi connectivity index (χ2n) is 7.86. The van der Waals surface area contributed by atoms with E-state index in [-0.39, 0.29) is 18.2 Å². The van der Waals surface area contributed by atoms with E-state index in [1.807, 2.05) is 12.1 Å². The molecule has 0 amide bonds. The quantitative estimate of drug-likeness (QED) is 0.721. The summed E-state index contributed by atoms with van der Waals surface area (Å²) in [6, 6.07) is 7.09. The van der Waals surface area contributed by atoms with Gasteiger partial charge in [0.1, 0.15) is 11.6 Å². The van der Waals surface area contributed by atoms with E-state index in [2.05, 4.69) is 9.80 Å². The zero-order chi connectivity index (χ0) is 17.6. The molecular weight excluding hydrogens is 351 g/mol. The van der Waals surface area contributed by atoms with Crippen molar-refractivity contribution in [3.63, 3.8) is 0 Å². The summed E-state index contributed by atoms with van der Waals surface area (Å²) in [5, 5.41) is 0. The Hall–Kier alpha value is -1.13. The van der Waals surface area contributed by atoms with Crippen LogP contribution in [0.4, 0.5) is 10.1 Å². The molecule has 2 aliphatic rings. The second kappa shape index (κ2) is 10.3. The number of ketones is 1. The largest absolute Gasteiger partial charge is 0.367 e. The number of piperazine rings is 1. The number of carbonyl (C=O) groups is 1. The van der Waals surface area contributed by atoms with Crippen molar-refractivity contribution in [1.82, 2.24) is 4.90 Å². The maximum Gasteiger partial charge on any atom is 0.146 e. The van der Waals surface area contributed by atoms with Gasteiger partial charge in [0, 0.05) is 32.6 Å². The highest BCUT2D eigenvalue weighted by molar-refractivity contribution is 5.85. The predicted octanol–water partition coefficient (Wildman–Crippen LogP) is 4.55. The number of anilines is 1. The van der Waals surface area contributed by atoms with Crippen LogP contribution in [0.2, 0.25) is 0 Å². The van der Waals surface area contributed by atoms with E-state index in [9.17, 15) is 9.18 Å². The third kappa shape index (κ3) is 5.95. The average molecular weight is 383 g/mol. The third-order valence-corrected chi connectivity index (χ3v) is 5.96. The number of Topliss-reactive ketones (excluding diaryl/α,β-unsaturated/α-hetero) is 1. The van der Waals surface area contributed by atoms with Crippen molar-refractivity contribution in [1.29, 1.82) is 0 Å². The van der Waals surface area contributed by atoms with Crippen LogP contribution in [0.1, 0.15) is 45.4 Å². The molecule has 1 aromatic rings. The molecule has 0 bridgehead atoms. The Bertz CT molecular complexity index is 567. The number of para-hydroxylation sites is 1. The van der Waals surface area contributed by atoms with Crippen molar-refractivity contribution in [3.05, 3.63) is 30.1 Å². The average Bonchev–Trinajstić information content (AvgIpc) is 2.62. The lowest BCUT2D eigenvalue weighted by Crippen LogP contribution is -2.47. The molecule has 1 aliphatic heterocycles. The van der Waals surface area contributed by atoms with Gasteiger partial charge in [0.15, 0.2) is 0 Å². The van der Waals surface area contributed by atoms with Crippen LogP contribution in [0.5, 0.6) is 0 Å². The Kier molecular flexibility index (Phi) is 8.36. The molecule has 0 radical (unpaired) electrons. The summed E-state index contributed by atoms with van der Waals surface area (Å²) < 4.78 is 13.9. The minimum atomic E-state index is -0.113. The Balaban J connectivity index is 0.00000243. The smallest absolute Gasteiger partial charge is 0.146 e. The molecule has 2 fully saturated rings. The van der Waals surface area contributed by atoms with E-state index < -0.39 is 0 Å². The van der Waals surface area contributed by atoms with Crippen LogP contribution in [0.15, 0.2) is 24.3 Å². The van der Waals surface area contributed by atoms with Gasteiger partial charge in [-0.25, -0.2) is 4.39 Å². The van der Waals surface area contributed by atoms with Gasteiger partial charge in [-0.05, 0) is 56.7 Å². The first-order chi connectivity index (χ1) is 12.1. The number of benzene rings is 1. The number of carbonyl (C=O) groups excluding carboxylic acids is 1. The van der Waals surface area contributed by atoms with E-state index in [1.54, 1.807) is 19.1 Å². The summed E-state index contributed by atoms with van der Waals surface area (Å²) in [6.07, 6.45) is 7.08. The van der Waals surface area contributed by atoms with Gasteiger partial charge in [0.05, 0.1) is 5.69 Å². The topological polar surface area (TPSA) is 23.6 Å². The van der Waals surface area contributed by atoms with Gasteiger partial charge in [0.2, 0.25) is 0 Å². The number of halogens is 2. The maximum atomic E-state index is 13.9. The van der Waals surface area contributed by atoms with E-state index in [0.717, 1.165) is 50.7 Å². The van der Waals surface area contributed by atoms with Gasteiger partial charge in [-0.15, -0.1) is 12.4 Å². The first-order valence-corrected chi connectivity index (χ1v) is 9.83. The Morgan fingerprint density at radius 2 is 1.65 bits per heavy atom. The molecule has 0 N–H and O–H groups in total. The number of nitrogens with zero attached hydrogens (tertiary/aromatic N) is 2. The fourth-order valence-electron chi connectivity index (χ4n) is 4.42. The molecule has 1 heterocycles. The van der Waals surface area contributed by atoms with Crippen LogP contribution < -0.4 is 4.90 Å². The molecule has 1 aliphatic carbocycles. The molecule has 146 valence electrons. The zero-order valence-electron chi connectivity index (χ0n) is 15.8. The summed E-state index contributed by atoms with van der Waals surface area (Å²) in [5.74, 6) is 1.69. The highest BCUT2D eigenvalue weighted by Gasteiger charge is 2.24. The Morgan fingerprint density at radius 1 is 1.04 bits per heavy atom. The zero-order valence-corrected chi connectivity index (χ0v) is 16.6. The lowest BCUT2D eigenvalue weighted by atomic mass is 9.78. The van der Waals surface area contributed by atoms with Gasteiger partial charge in [-0.2, -0.15) is 0 Å². The van der Waals surface area contributed by atoms with Crippen LogP contribution in [0.3, 0.4) is 0 Å². The molecular formula is C21H32ClFN2O. The fraction of sp³-hybridized carbons (Fsp3) is 0.667. The van der Waals surface area contributed by atoms with Gasteiger partial charge in [0.25, 0.3) is 0 Å². The molecule has 3 rings (SSSR count). The van der Waals surface area contributed by atoms with Gasteiger partial charge >= 0.3 is 0 Å². The van der Waals surface area contributed by atoms with Gasteiger partial charge < -0.3 is 9.69 Å². The normalized spacial score (nSPS) is 24.2. The first-order valence-electron chi connectivity index (χ1n) is 9.83. The van der Waals surface area contributed by atoms with Crippen molar-refractivity contribution < 1.29 is 9.18 Å². The summed E-state index contributed by atoms with van der Waals surface area (Å²) in [5.41, 5.74) is 0.742. The van der Waals surface area contributed by atoms with Crippen LogP contribution in [-0.4, -0.2) is 43.4 Å². The molecule has 0 spiro atoms. The Morgan fingerprint density at radius 3 is 2.27 bits per heavy atom. The van der Waals surface area contributed by atoms with Crippen LogP contribution in [0.25, 0.3) is 0 Å². The third-order valence-electron chi connectivity index (χ3n) is 5.96. The molecule has 1 saturated carbocycles.